The Kier molecular flexibility index (Phi) is 6.25. The number of sulfone groups is 1. The summed E-state index contributed by atoms with van der Waals surface area (Å²) in [6.07, 6.45) is 3.53. The molecule has 0 aliphatic carbocycles. The normalized spacial score (nSPS) is 11.4. The van der Waals surface area contributed by atoms with Gasteiger partial charge < -0.3 is 10.1 Å². The van der Waals surface area contributed by atoms with Gasteiger partial charge in [-0.05, 0) is 48.0 Å². The van der Waals surface area contributed by atoms with E-state index in [1.54, 1.807) is 37.6 Å². The van der Waals surface area contributed by atoms with Gasteiger partial charge in [0.2, 0.25) is 0 Å². The average Bonchev–Trinajstić information content (AvgIpc) is 3.18. The van der Waals surface area contributed by atoms with Crippen molar-refractivity contribution in [2.45, 2.75) is 11.3 Å². The van der Waals surface area contributed by atoms with Crippen LogP contribution in [-0.4, -0.2) is 39.2 Å². The van der Waals surface area contributed by atoms with Gasteiger partial charge in [-0.2, -0.15) is 0 Å². The summed E-state index contributed by atoms with van der Waals surface area (Å²) in [6.45, 7) is 0.448. The summed E-state index contributed by atoms with van der Waals surface area (Å²) in [7, 11) is -1.71. The van der Waals surface area contributed by atoms with Crippen LogP contribution >= 0.6 is 11.3 Å². The fourth-order valence-electron chi connectivity index (χ4n) is 3.42. The number of benzene rings is 2. The number of nitrogens with zero attached hydrogens (tertiary/aromatic N) is 1. The highest BCUT2D eigenvalue weighted by Crippen LogP contribution is 2.40. The van der Waals surface area contributed by atoms with Crippen molar-refractivity contribution in [2.24, 2.45) is 0 Å². The van der Waals surface area contributed by atoms with Crippen molar-refractivity contribution in [3.8, 4) is 16.2 Å². The van der Waals surface area contributed by atoms with Gasteiger partial charge >= 0.3 is 0 Å². The molecule has 0 aliphatic heterocycles. The molecule has 32 heavy (non-hydrogen) atoms. The first-order valence-corrected chi connectivity index (χ1v) is 12.7. The molecule has 0 bridgehead atoms. The zero-order valence-corrected chi connectivity index (χ0v) is 19.3. The van der Waals surface area contributed by atoms with Crippen LogP contribution in [0.5, 0.6) is 5.75 Å². The maximum atomic E-state index is 13.3. The fraction of sp³-hybridized carbons (Fsp3) is 0.167. The number of amides is 1. The van der Waals surface area contributed by atoms with E-state index in [9.17, 15) is 13.2 Å². The molecular formula is C24H22N2O4S2. The molecule has 0 saturated heterocycles. The summed E-state index contributed by atoms with van der Waals surface area (Å²) in [4.78, 5) is 18.6. The van der Waals surface area contributed by atoms with Gasteiger partial charge in [0.1, 0.15) is 5.75 Å². The van der Waals surface area contributed by atoms with Crippen molar-refractivity contribution in [2.75, 3.05) is 19.9 Å². The third-order valence-corrected chi connectivity index (χ3v) is 7.41. The van der Waals surface area contributed by atoms with Crippen LogP contribution in [0.2, 0.25) is 0 Å². The highest BCUT2D eigenvalue weighted by Gasteiger charge is 2.21. The maximum Gasteiger partial charge on any atom is 0.253 e. The molecule has 1 amide bonds. The number of ether oxygens (including phenoxy) is 1. The topological polar surface area (TPSA) is 85.4 Å². The monoisotopic (exact) mass is 466 g/mol. The number of carbonyl (C=O) groups is 1. The average molecular weight is 467 g/mol. The number of pyridine rings is 1. The lowest BCUT2D eigenvalue weighted by Gasteiger charge is -2.08. The molecule has 1 N–H and O–H groups in total. The summed E-state index contributed by atoms with van der Waals surface area (Å²) >= 11 is 1.49. The van der Waals surface area contributed by atoms with E-state index in [4.69, 9.17) is 4.74 Å². The quantitative estimate of drug-likeness (QED) is 0.438. The lowest BCUT2D eigenvalue weighted by atomic mass is 10.0. The van der Waals surface area contributed by atoms with Crippen LogP contribution in [-0.2, 0) is 16.3 Å². The Morgan fingerprint density at radius 2 is 1.88 bits per heavy atom. The van der Waals surface area contributed by atoms with E-state index < -0.39 is 9.84 Å². The Morgan fingerprint density at radius 3 is 2.53 bits per heavy atom. The Hall–Kier alpha value is -3.23. The van der Waals surface area contributed by atoms with E-state index in [1.165, 1.54) is 17.6 Å². The van der Waals surface area contributed by atoms with Gasteiger partial charge in [-0.15, -0.1) is 11.3 Å². The van der Waals surface area contributed by atoms with Crippen LogP contribution in [0.4, 0.5) is 0 Å². The number of hydrogen-bond donors (Lipinski definition) is 1. The number of methoxy groups -OCH3 is 1. The van der Waals surface area contributed by atoms with E-state index in [0.29, 0.717) is 24.3 Å². The van der Waals surface area contributed by atoms with Gasteiger partial charge in [0, 0.05) is 46.1 Å². The molecule has 0 unspecified atom stereocenters. The molecule has 0 fully saturated rings. The second kappa shape index (κ2) is 9.10. The predicted octanol–water partition coefficient (Wildman–Crippen LogP) is 4.35. The molecule has 164 valence electrons. The summed E-state index contributed by atoms with van der Waals surface area (Å²) < 4.78 is 30.0. The molecule has 8 heteroatoms. The zero-order chi connectivity index (χ0) is 22.7. The minimum absolute atomic E-state index is 0.192. The molecular weight excluding hydrogens is 444 g/mol. The SMILES string of the molecule is COc1ccc2sc(-c3ccc(S(C)(=O)=O)cc3)c(C(=O)NCCc3ccccn3)c2c1. The number of aromatic nitrogens is 1. The molecule has 2 heterocycles. The minimum Gasteiger partial charge on any atom is -0.497 e. The second-order valence-electron chi connectivity index (χ2n) is 7.29. The Bertz CT molecular complexity index is 1360. The van der Waals surface area contributed by atoms with Crippen molar-refractivity contribution in [1.29, 1.82) is 0 Å². The van der Waals surface area contributed by atoms with Crippen LogP contribution in [0.15, 0.2) is 71.8 Å². The van der Waals surface area contributed by atoms with Crippen LogP contribution in [0, 0.1) is 0 Å². The Balaban J connectivity index is 1.70. The highest BCUT2D eigenvalue weighted by atomic mass is 32.2. The van der Waals surface area contributed by atoms with E-state index in [0.717, 1.165) is 26.2 Å². The van der Waals surface area contributed by atoms with Crippen molar-refractivity contribution in [3.05, 3.63) is 78.1 Å². The minimum atomic E-state index is -3.30. The van der Waals surface area contributed by atoms with Crippen LogP contribution in [0.3, 0.4) is 0 Å². The molecule has 0 radical (unpaired) electrons. The lowest BCUT2D eigenvalue weighted by molar-refractivity contribution is 0.0956. The molecule has 0 atom stereocenters. The first-order valence-electron chi connectivity index (χ1n) is 9.96. The molecule has 0 saturated carbocycles. The van der Waals surface area contributed by atoms with Crippen LogP contribution in [0.1, 0.15) is 16.1 Å². The highest BCUT2D eigenvalue weighted by molar-refractivity contribution is 7.90. The number of nitrogens with one attached hydrogen (secondary N) is 1. The maximum absolute atomic E-state index is 13.3. The molecule has 6 nitrogen and oxygen atoms in total. The number of hydrogen-bond acceptors (Lipinski definition) is 6. The number of carbonyl (C=O) groups excluding carboxylic acids is 1. The van der Waals surface area contributed by atoms with E-state index in [1.807, 2.05) is 36.4 Å². The molecule has 2 aromatic heterocycles. The van der Waals surface area contributed by atoms with E-state index in [2.05, 4.69) is 10.3 Å². The summed E-state index contributed by atoms with van der Waals surface area (Å²) in [6, 6.07) is 18.0. The van der Waals surface area contributed by atoms with Crippen molar-refractivity contribution in [1.82, 2.24) is 10.3 Å². The van der Waals surface area contributed by atoms with Gasteiger partial charge in [0.15, 0.2) is 9.84 Å². The fourth-order valence-corrected chi connectivity index (χ4v) is 5.24. The summed E-state index contributed by atoms with van der Waals surface area (Å²) in [5.74, 6) is 0.472. The van der Waals surface area contributed by atoms with Gasteiger partial charge in [-0.25, -0.2) is 8.42 Å². The van der Waals surface area contributed by atoms with Gasteiger partial charge in [-0.3, -0.25) is 9.78 Å². The zero-order valence-electron chi connectivity index (χ0n) is 17.7. The summed E-state index contributed by atoms with van der Waals surface area (Å²) in [5, 5.41) is 3.80. The Morgan fingerprint density at radius 1 is 1.09 bits per heavy atom. The van der Waals surface area contributed by atoms with Crippen molar-refractivity contribution < 1.29 is 17.9 Å². The van der Waals surface area contributed by atoms with Gasteiger partial charge in [-0.1, -0.05) is 18.2 Å². The van der Waals surface area contributed by atoms with Crippen LogP contribution < -0.4 is 10.1 Å². The summed E-state index contributed by atoms with van der Waals surface area (Å²) in [5.41, 5.74) is 2.24. The number of rotatable bonds is 7. The molecule has 4 aromatic rings. The van der Waals surface area contributed by atoms with E-state index in [-0.39, 0.29) is 10.8 Å². The molecule has 0 aliphatic rings. The van der Waals surface area contributed by atoms with Crippen LogP contribution in [0.25, 0.3) is 20.5 Å². The smallest absolute Gasteiger partial charge is 0.253 e. The van der Waals surface area contributed by atoms with Crippen molar-refractivity contribution in [3.63, 3.8) is 0 Å². The largest absolute Gasteiger partial charge is 0.497 e. The van der Waals surface area contributed by atoms with E-state index >= 15 is 0 Å². The molecule has 0 spiro atoms. The third-order valence-electron chi connectivity index (χ3n) is 5.06. The second-order valence-corrected chi connectivity index (χ2v) is 10.4. The standard InChI is InChI=1S/C24H22N2O4S2/c1-30-18-8-11-21-20(15-18)22(24(27)26-14-12-17-5-3-4-13-25-17)23(31-21)16-6-9-19(10-7-16)32(2,28)29/h3-11,13,15H,12,14H2,1-2H3,(H,26,27). The van der Waals surface area contributed by atoms with Gasteiger partial charge in [0.05, 0.1) is 17.6 Å². The lowest BCUT2D eigenvalue weighted by Crippen LogP contribution is -2.26. The molecule has 2 aromatic carbocycles. The molecule has 4 rings (SSSR count). The predicted molar refractivity (Wildman–Crippen MR) is 127 cm³/mol. The number of thiophene rings is 1. The third kappa shape index (κ3) is 4.66. The first-order chi connectivity index (χ1) is 15.4. The Labute approximate surface area is 190 Å². The van der Waals surface area contributed by atoms with Crippen molar-refractivity contribution >= 4 is 37.2 Å². The number of fused-ring (bicyclic) bond motifs is 1. The van der Waals surface area contributed by atoms with Gasteiger partial charge in [0.25, 0.3) is 5.91 Å². The first kappa shape index (κ1) is 22.0.